The van der Waals surface area contributed by atoms with Gasteiger partial charge in [-0.25, -0.2) is 0 Å². The highest BCUT2D eigenvalue weighted by Crippen LogP contribution is 2.73. The summed E-state index contributed by atoms with van der Waals surface area (Å²) >= 11 is 0. The molecule has 34 heavy (non-hydrogen) atoms. The molecule has 4 fully saturated rings. The lowest BCUT2D eigenvalue weighted by molar-refractivity contribution is -0.146. The van der Waals surface area contributed by atoms with Crippen LogP contribution in [0.2, 0.25) is 0 Å². The molecule has 0 spiro atoms. The largest absolute Gasteiger partial charge is 0.388 e. The summed E-state index contributed by atoms with van der Waals surface area (Å²) in [4.78, 5) is 12.8. The van der Waals surface area contributed by atoms with Crippen molar-refractivity contribution in [2.45, 2.75) is 124 Å². The van der Waals surface area contributed by atoms with Crippen LogP contribution in [-0.2, 0) is 9.53 Å². The maximum absolute atomic E-state index is 12.8. The molecule has 0 aromatic carbocycles. The van der Waals surface area contributed by atoms with Gasteiger partial charge in [-0.2, -0.15) is 0 Å². The topological polar surface area (TPSA) is 66.8 Å². The predicted octanol–water partition coefficient (Wildman–Crippen LogP) is 5.70. The van der Waals surface area contributed by atoms with Crippen molar-refractivity contribution < 1.29 is 19.7 Å². The third-order valence-electron chi connectivity index (χ3n) is 12.6. The van der Waals surface area contributed by atoms with E-state index in [0.29, 0.717) is 23.5 Å². The third-order valence-corrected chi connectivity index (χ3v) is 12.6. The summed E-state index contributed by atoms with van der Waals surface area (Å²) in [7, 11) is 0. The van der Waals surface area contributed by atoms with E-state index in [-0.39, 0.29) is 33.7 Å². The summed E-state index contributed by atoms with van der Waals surface area (Å²) in [5, 5.41) is 21.5. The number of carbonyl (C=O) groups is 1. The van der Waals surface area contributed by atoms with Gasteiger partial charge < -0.3 is 14.9 Å². The Balaban J connectivity index is 1.47. The summed E-state index contributed by atoms with van der Waals surface area (Å²) in [5.41, 5.74) is 1.24. The fourth-order valence-corrected chi connectivity index (χ4v) is 10.1. The Kier molecular flexibility index (Phi) is 5.44. The Morgan fingerprint density at radius 1 is 1.00 bits per heavy atom. The number of ketones is 1. The molecule has 0 aromatic heterocycles. The second-order valence-corrected chi connectivity index (χ2v) is 14.6. The molecule has 5 aliphatic rings. The first-order chi connectivity index (χ1) is 15.6. The normalized spacial score (nSPS) is 52.4. The molecule has 0 aromatic rings. The number of ether oxygens (including phenoxy) is 1. The molecule has 1 aliphatic heterocycles. The number of rotatable bonds is 2. The molecular formula is C30H48O4. The second kappa shape index (κ2) is 7.42. The molecule has 10 atom stereocenters. The van der Waals surface area contributed by atoms with Crippen molar-refractivity contribution in [2.75, 3.05) is 0 Å². The molecule has 192 valence electrons. The van der Waals surface area contributed by atoms with Gasteiger partial charge in [0.25, 0.3) is 0 Å². The van der Waals surface area contributed by atoms with Gasteiger partial charge in [-0.15, -0.1) is 0 Å². The molecule has 4 nitrogen and oxygen atoms in total. The van der Waals surface area contributed by atoms with Crippen molar-refractivity contribution in [1.29, 1.82) is 0 Å². The van der Waals surface area contributed by atoms with E-state index in [2.05, 4.69) is 47.6 Å². The summed E-state index contributed by atoms with van der Waals surface area (Å²) in [6.45, 7) is 17.9. The fourth-order valence-electron chi connectivity index (χ4n) is 10.1. The highest BCUT2D eigenvalue weighted by molar-refractivity contribution is 5.85. The highest BCUT2D eigenvalue weighted by Gasteiger charge is 2.66. The third kappa shape index (κ3) is 2.97. The molecule has 3 unspecified atom stereocenters. The SMILES string of the molecule is C[C@@H](C1OC(C)(C)C(O)C1O)[C@@H]1CC[C@]2(C)C3=CC[C@H]4C(C)(C)C(=O)CC[C@]4(C)[C@H]3CC[C@@]12C. The van der Waals surface area contributed by atoms with Crippen LogP contribution in [0.1, 0.15) is 100 Å². The Morgan fingerprint density at radius 2 is 1.68 bits per heavy atom. The molecule has 0 amide bonds. The number of hydrogen-bond acceptors (Lipinski definition) is 4. The van der Waals surface area contributed by atoms with E-state index < -0.39 is 17.8 Å². The summed E-state index contributed by atoms with van der Waals surface area (Å²) < 4.78 is 6.28. The van der Waals surface area contributed by atoms with Crippen LogP contribution < -0.4 is 0 Å². The van der Waals surface area contributed by atoms with Crippen LogP contribution in [0.25, 0.3) is 0 Å². The monoisotopic (exact) mass is 472 g/mol. The minimum Gasteiger partial charge on any atom is -0.388 e. The van der Waals surface area contributed by atoms with Crippen LogP contribution in [0.3, 0.4) is 0 Å². The highest BCUT2D eigenvalue weighted by atomic mass is 16.6. The lowest BCUT2D eigenvalue weighted by Gasteiger charge is -2.63. The van der Waals surface area contributed by atoms with E-state index >= 15 is 0 Å². The first-order valence-corrected chi connectivity index (χ1v) is 13.9. The molecule has 1 saturated heterocycles. The molecule has 0 radical (unpaired) electrons. The van der Waals surface area contributed by atoms with Gasteiger partial charge in [0.05, 0.1) is 11.7 Å². The van der Waals surface area contributed by atoms with Gasteiger partial charge in [0.15, 0.2) is 0 Å². The Labute approximate surface area is 206 Å². The first-order valence-electron chi connectivity index (χ1n) is 13.9. The van der Waals surface area contributed by atoms with Crippen LogP contribution >= 0.6 is 0 Å². The molecule has 0 bridgehead atoms. The van der Waals surface area contributed by atoms with Crippen molar-refractivity contribution in [3.05, 3.63) is 11.6 Å². The number of fused-ring (bicyclic) bond motifs is 5. The summed E-state index contributed by atoms with van der Waals surface area (Å²) in [6, 6.07) is 0. The van der Waals surface area contributed by atoms with Gasteiger partial charge in [-0.1, -0.05) is 53.2 Å². The zero-order valence-electron chi connectivity index (χ0n) is 22.8. The van der Waals surface area contributed by atoms with Crippen molar-refractivity contribution in [3.63, 3.8) is 0 Å². The van der Waals surface area contributed by atoms with Crippen molar-refractivity contribution >= 4 is 5.78 Å². The van der Waals surface area contributed by atoms with Gasteiger partial charge in [-0.3, -0.25) is 4.79 Å². The zero-order valence-corrected chi connectivity index (χ0v) is 22.8. The maximum Gasteiger partial charge on any atom is 0.138 e. The van der Waals surface area contributed by atoms with E-state index in [4.69, 9.17) is 4.74 Å². The Bertz CT molecular complexity index is 903. The smallest absolute Gasteiger partial charge is 0.138 e. The summed E-state index contributed by atoms with van der Waals surface area (Å²) in [6.07, 6.45) is 8.07. The minimum atomic E-state index is -0.841. The van der Waals surface area contributed by atoms with E-state index in [0.717, 1.165) is 25.7 Å². The van der Waals surface area contributed by atoms with E-state index in [1.54, 1.807) is 5.57 Å². The van der Waals surface area contributed by atoms with E-state index in [9.17, 15) is 15.0 Å². The molecular weight excluding hydrogens is 424 g/mol. The van der Waals surface area contributed by atoms with Gasteiger partial charge in [0.1, 0.15) is 18.0 Å². The van der Waals surface area contributed by atoms with Gasteiger partial charge in [-0.05, 0) is 92.3 Å². The number of hydrogen-bond donors (Lipinski definition) is 2. The maximum atomic E-state index is 12.8. The average molecular weight is 473 g/mol. The second-order valence-electron chi connectivity index (χ2n) is 14.6. The van der Waals surface area contributed by atoms with Crippen LogP contribution in [-0.4, -0.2) is 39.9 Å². The lowest BCUT2D eigenvalue weighted by Crippen LogP contribution is -2.57. The molecule has 4 heteroatoms. The molecule has 5 rings (SSSR count). The zero-order chi connectivity index (χ0) is 25.1. The van der Waals surface area contributed by atoms with Crippen molar-refractivity contribution in [2.24, 2.45) is 45.3 Å². The number of Topliss-reactive ketones (excluding diaryl/α,β-unsaturated/α-hetero) is 1. The number of aliphatic hydroxyl groups is 2. The van der Waals surface area contributed by atoms with Crippen LogP contribution in [0, 0.1) is 45.3 Å². The standard InChI is InChI=1S/C30H48O4/c1-17(24-23(32)25(33)27(4,5)34-24)18-11-15-30(8)20-9-10-21-26(2,3)22(31)13-14-28(21,6)19(20)12-16-29(18,30)7/h9,17-19,21,23-25,32-33H,10-16H2,1-8H3/t17-,18+,19+,21+,23?,24?,25?,28-,29+,30-/m1/s1. The van der Waals surface area contributed by atoms with Crippen LogP contribution in [0.4, 0.5) is 0 Å². The summed E-state index contributed by atoms with van der Waals surface area (Å²) in [5.74, 6) is 2.10. The van der Waals surface area contributed by atoms with Gasteiger partial charge in [0.2, 0.25) is 0 Å². The molecule has 3 saturated carbocycles. The van der Waals surface area contributed by atoms with Crippen molar-refractivity contribution in [3.8, 4) is 0 Å². The Hall–Kier alpha value is -0.710. The minimum absolute atomic E-state index is 0.145. The van der Waals surface area contributed by atoms with Gasteiger partial charge in [0, 0.05) is 11.8 Å². The fraction of sp³-hybridized carbons (Fsp3) is 0.900. The Morgan fingerprint density at radius 3 is 2.29 bits per heavy atom. The number of aliphatic hydroxyl groups excluding tert-OH is 2. The van der Waals surface area contributed by atoms with Crippen LogP contribution in [0.15, 0.2) is 11.6 Å². The average Bonchev–Trinajstić information content (AvgIpc) is 3.15. The molecule has 4 aliphatic carbocycles. The molecule has 2 N–H and O–H groups in total. The van der Waals surface area contributed by atoms with Crippen LogP contribution in [0.5, 0.6) is 0 Å². The van der Waals surface area contributed by atoms with E-state index in [1.165, 1.54) is 19.3 Å². The predicted molar refractivity (Wildman–Crippen MR) is 134 cm³/mol. The van der Waals surface area contributed by atoms with Gasteiger partial charge >= 0.3 is 0 Å². The molecule has 1 heterocycles. The number of carbonyl (C=O) groups excluding carboxylic acids is 1. The lowest BCUT2D eigenvalue weighted by atomic mass is 9.41. The number of allylic oxidation sites excluding steroid dienone is 2. The first kappa shape index (κ1) is 25.0. The quantitative estimate of drug-likeness (QED) is 0.506. The van der Waals surface area contributed by atoms with E-state index in [1.807, 2.05) is 13.8 Å². The van der Waals surface area contributed by atoms with Crippen molar-refractivity contribution in [1.82, 2.24) is 0 Å².